The predicted octanol–water partition coefficient (Wildman–Crippen LogP) is 5.89. The van der Waals surface area contributed by atoms with Crippen molar-refractivity contribution in [3.8, 4) is 5.75 Å². The highest BCUT2D eigenvalue weighted by molar-refractivity contribution is 7.10. The molecule has 1 fully saturated rings. The molecule has 1 N–H and O–H groups in total. The average Bonchev–Trinajstić information content (AvgIpc) is 3.51. The number of methoxy groups -OCH3 is 1. The Balaban J connectivity index is 1.67. The summed E-state index contributed by atoms with van der Waals surface area (Å²) in [5.41, 5.74) is 2.00. The van der Waals surface area contributed by atoms with E-state index in [9.17, 15) is 9.59 Å². The van der Waals surface area contributed by atoms with E-state index in [1.807, 2.05) is 60.1 Å². The molecule has 1 saturated carbocycles. The zero-order chi connectivity index (χ0) is 23.9. The van der Waals surface area contributed by atoms with Gasteiger partial charge in [-0.15, -0.1) is 22.7 Å². The van der Waals surface area contributed by atoms with Crippen LogP contribution in [-0.2, 0) is 22.6 Å². The molecule has 180 valence electrons. The third kappa shape index (κ3) is 6.07. The lowest BCUT2D eigenvalue weighted by Crippen LogP contribution is -2.47. The topological polar surface area (TPSA) is 58.6 Å². The van der Waals surface area contributed by atoms with E-state index >= 15 is 0 Å². The molecule has 4 rings (SSSR count). The molecular weight excluding hydrogens is 464 g/mol. The molecule has 5 nitrogen and oxygen atoms in total. The smallest absolute Gasteiger partial charge is 0.248 e. The number of ether oxygens (including phenoxy) is 1. The van der Waals surface area contributed by atoms with Crippen LogP contribution in [0.5, 0.6) is 5.75 Å². The maximum absolute atomic E-state index is 13.8. The molecule has 2 heterocycles. The number of hydrogen-bond donors (Lipinski definition) is 1. The average molecular weight is 497 g/mol. The maximum atomic E-state index is 13.8. The van der Waals surface area contributed by atoms with Crippen LogP contribution < -0.4 is 10.1 Å². The van der Waals surface area contributed by atoms with Crippen molar-refractivity contribution in [2.75, 3.05) is 7.11 Å². The third-order valence-electron chi connectivity index (χ3n) is 6.40. The van der Waals surface area contributed by atoms with Crippen molar-refractivity contribution in [1.29, 1.82) is 0 Å². The fraction of sp³-hybridized carbons (Fsp3) is 0.407. The van der Waals surface area contributed by atoms with Gasteiger partial charge in [-0.05, 0) is 65.9 Å². The first-order valence-electron chi connectivity index (χ1n) is 11.8. The number of nitrogens with one attached hydrogen (secondary N) is 1. The largest absolute Gasteiger partial charge is 0.497 e. The van der Waals surface area contributed by atoms with E-state index in [1.54, 1.807) is 34.7 Å². The first kappa shape index (κ1) is 24.5. The van der Waals surface area contributed by atoms with Crippen molar-refractivity contribution in [3.63, 3.8) is 0 Å². The van der Waals surface area contributed by atoms with Gasteiger partial charge in [0.15, 0.2) is 0 Å². The Hall–Kier alpha value is -2.64. The number of nitrogens with zero attached hydrogens (tertiary/aromatic N) is 1. The van der Waals surface area contributed by atoms with Gasteiger partial charge < -0.3 is 15.0 Å². The first-order chi connectivity index (χ1) is 16.5. The molecule has 0 spiro atoms. The molecule has 1 atom stereocenters. The molecule has 3 aromatic rings. The van der Waals surface area contributed by atoms with Gasteiger partial charge in [0.1, 0.15) is 11.8 Å². The molecule has 1 aliphatic carbocycles. The van der Waals surface area contributed by atoms with Gasteiger partial charge in [0.05, 0.1) is 13.5 Å². The van der Waals surface area contributed by atoms with Gasteiger partial charge in [0.2, 0.25) is 11.8 Å². The second-order valence-electron chi connectivity index (χ2n) is 8.84. The fourth-order valence-electron chi connectivity index (χ4n) is 4.51. The Bertz CT molecular complexity index is 1070. The summed E-state index contributed by atoms with van der Waals surface area (Å²) in [6.07, 6.45) is 5.79. The van der Waals surface area contributed by atoms with Gasteiger partial charge in [-0.1, -0.05) is 37.5 Å². The van der Waals surface area contributed by atoms with Crippen LogP contribution in [-0.4, -0.2) is 29.9 Å². The second-order valence-corrected chi connectivity index (χ2v) is 10.8. The van der Waals surface area contributed by atoms with Gasteiger partial charge in [-0.25, -0.2) is 0 Å². The van der Waals surface area contributed by atoms with Crippen molar-refractivity contribution in [3.05, 3.63) is 74.1 Å². The summed E-state index contributed by atoms with van der Waals surface area (Å²) in [5.74, 6) is 0.640. The van der Waals surface area contributed by atoms with Crippen LogP contribution in [0.15, 0.2) is 53.2 Å². The standard InChI is InChI=1S/C27H32N2O3S2/c1-19-14-16-34-26(19)25(27(31)28-21-7-4-3-5-8-21)29(24(30)17-23-9-6-15-33-23)18-20-10-12-22(32-2)13-11-20/h6,9-16,21,25H,3-5,7-8,17-18H2,1-2H3,(H,28,31). The number of hydrogen-bond acceptors (Lipinski definition) is 5. The van der Waals surface area contributed by atoms with Crippen LogP contribution in [0.4, 0.5) is 0 Å². The van der Waals surface area contributed by atoms with Crippen molar-refractivity contribution < 1.29 is 14.3 Å². The zero-order valence-electron chi connectivity index (χ0n) is 19.8. The SMILES string of the molecule is COc1ccc(CN(C(=O)Cc2cccs2)C(C(=O)NC2CCCCC2)c2sccc2C)cc1. The van der Waals surface area contributed by atoms with Gasteiger partial charge in [-0.3, -0.25) is 9.59 Å². The summed E-state index contributed by atoms with van der Waals surface area (Å²) >= 11 is 3.11. The second kappa shape index (κ2) is 11.7. The van der Waals surface area contributed by atoms with Gasteiger partial charge in [0.25, 0.3) is 0 Å². The van der Waals surface area contributed by atoms with Crippen molar-refractivity contribution >= 4 is 34.5 Å². The number of benzene rings is 1. The lowest BCUT2D eigenvalue weighted by molar-refractivity contribution is -0.141. The Morgan fingerprint density at radius 1 is 1.06 bits per heavy atom. The normalized spacial score (nSPS) is 15.0. The Kier molecular flexibility index (Phi) is 8.40. The monoisotopic (exact) mass is 496 g/mol. The molecule has 2 amide bonds. The molecule has 0 radical (unpaired) electrons. The molecule has 1 aliphatic rings. The molecule has 0 bridgehead atoms. The molecule has 1 aromatic carbocycles. The summed E-state index contributed by atoms with van der Waals surface area (Å²) in [4.78, 5) is 31.2. The van der Waals surface area contributed by atoms with E-state index in [1.165, 1.54) is 6.42 Å². The number of rotatable bonds is 9. The lowest BCUT2D eigenvalue weighted by atomic mass is 9.95. The number of carbonyl (C=O) groups is 2. The molecule has 1 unspecified atom stereocenters. The van der Waals surface area contributed by atoms with E-state index in [4.69, 9.17) is 4.74 Å². The maximum Gasteiger partial charge on any atom is 0.248 e. The van der Waals surface area contributed by atoms with Crippen LogP contribution in [0.3, 0.4) is 0 Å². The van der Waals surface area contributed by atoms with E-state index in [-0.39, 0.29) is 24.3 Å². The van der Waals surface area contributed by atoms with Crippen molar-refractivity contribution in [1.82, 2.24) is 10.2 Å². The highest BCUT2D eigenvalue weighted by Crippen LogP contribution is 2.32. The molecule has 2 aromatic heterocycles. The van der Waals surface area contributed by atoms with Crippen LogP contribution in [0.25, 0.3) is 0 Å². The third-order valence-corrected chi connectivity index (χ3v) is 8.35. The van der Waals surface area contributed by atoms with E-state index < -0.39 is 6.04 Å². The van der Waals surface area contributed by atoms with E-state index in [0.717, 1.165) is 52.3 Å². The quantitative estimate of drug-likeness (QED) is 0.402. The molecule has 0 aliphatic heterocycles. The van der Waals surface area contributed by atoms with Gasteiger partial charge in [0, 0.05) is 22.3 Å². The molecular formula is C27H32N2O3S2. The highest BCUT2D eigenvalue weighted by Gasteiger charge is 2.34. The van der Waals surface area contributed by atoms with E-state index in [0.29, 0.717) is 6.54 Å². The fourth-order valence-corrected chi connectivity index (χ4v) is 6.24. The summed E-state index contributed by atoms with van der Waals surface area (Å²) in [6.45, 7) is 2.37. The first-order valence-corrected chi connectivity index (χ1v) is 13.6. The minimum absolute atomic E-state index is 0.0464. The highest BCUT2D eigenvalue weighted by atomic mass is 32.1. The van der Waals surface area contributed by atoms with Crippen LogP contribution in [0.2, 0.25) is 0 Å². The predicted molar refractivity (Wildman–Crippen MR) is 138 cm³/mol. The van der Waals surface area contributed by atoms with Crippen LogP contribution >= 0.6 is 22.7 Å². The summed E-state index contributed by atoms with van der Waals surface area (Å²) in [7, 11) is 1.64. The Labute approximate surface area is 209 Å². The minimum atomic E-state index is -0.656. The van der Waals surface area contributed by atoms with Crippen molar-refractivity contribution in [2.24, 2.45) is 0 Å². The summed E-state index contributed by atoms with van der Waals surface area (Å²) in [5, 5.41) is 7.27. The van der Waals surface area contributed by atoms with Crippen molar-refractivity contribution in [2.45, 2.75) is 64.1 Å². The number of thiophene rings is 2. The minimum Gasteiger partial charge on any atom is -0.497 e. The number of amides is 2. The molecule has 0 saturated heterocycles. The Morgan fingerprint density at radius 2 is 1.82 bits per heavy atom. The number of carbonyl (C=O) groups excluding carboxylic acids is 2. The molecule has 34 heavy (non-hydrogen) atoms. The number of aryl methyl sites for hydroxylation is 1. The zero-order valence-corrected chi connectivity index (χ0v) is 21.4. The van der Waals surface area contributed by atoms with Gasteiger partial charge in [-0.2, -0.15) is 0 Å². The van der Waals surface area contributed by atoms with Crippen LogP contribution in [0.1, 0.15) is 59.0 Å². The summed E-state index contributed by atoms with van der Waals surface area (Å²) in [6, 6.07) is 13.2. The Morgan fingerprint density at radius 3 is 2.44 bits per heavy atom. The van der Waals surface area contributed by atoms with Crippen LogP contribution in [0, 0.1) is 6.92 Å². The lowest BCUT2D eigenvalue weighted by Gasteiger charge is -2.33. The van der Waals surface area contributed by atoms with E-state index in [2.05, 4.69) is 5.32 Å². The molecule has 7 heteroatoms. The van der Waals surface area contributed by atoms with Gasteiger partial charge >= 0.3 is 0 Å². The summed E-state index contributed by atoms with van der Waals surface area (Å²) < 4.78 is 5.30.